The van der Waals surface area contributed by atoms with Crippen LogP contribution in [0.25, 0.3) is 0 Å². The van der Waals surface area contributed by atoms with Crippen LogP contribution in [0.3, 0.4) is 0 Å². The quantitative estimate of drug-likeness (QED) is 0.833. The number of hydrogen-bond donors (Lipinski definition) is 1. The van der Waals surface area contributed by atoms with Gasteiger partial charge in [-0.15, -0.1) is 0 Å². The van der Waals surface area contributed by atoms with Crippen molar-refractivity contribution in [3.05, 3.63) is 46.4 Å². The summed E-state index contributed by atoms with van der Waals surface area (Å²) in [4.78, 5) is 12.1. The van der Waals surface area contributed by atoms with E-state index in [9.17, 15) is 9.18 Å². The number of carbonyl (C=O) groups excluding carboxylic acids is 1. The van der Waals surface area contributed by atoms with E-state index in [0.29, 0.717) is 0 Å². The summed E-state index contributed by atoms with van der Waals surface area (Å²) in [7, 11) is 1.61. The van der Waals surface area contributed by atoms with Crippen LogP contribution in [0.2, 0.25) is 5.02 Å². The fourth-order valence-corrected chi connectivity index (χ4v) is 1.64. The van der Waals surface area contributed by atoms with Gasteiger partial charge >= 0.3 is 0 Å². The summed E-state index contributed by atoms with van der Waals surface area (Å²) in [5.41, 5.74) is 5.96. The number of nitrogens with two attached hydrogens (primary N) is 1. The van der Waals surface area contributed by atoms with Gasteiger partial charge in [0, 0.05) is 12.6 Å². The van der Waals surface area contributed by atoms with Crippen LogP contribution >= 0.6 is 11.6 Å². The standard InChI is InChI=1S/C11H9ClFN3O/c1-16-11(14)8(5-15-16)10(17)7-4-6(13)2-3-9(7)12/h2-5H,14H2,1H3. The molecule has 0 aliphatic rings. The number of nitrogen functional groups attached to an aromatic ring is 1. The van der Waals surface area contributed by atoms with E-state index < -0.39 is 11.6 Å². The highest BCUT2D eigenvalue weighted by atomic mass is 35.5. The van der Waals surface area contributed by atoms with Gasteiger partial charge in [0.15, 0.2) is 5.78 Å². The molecule has 0 radical (unpaired) electrons. The molecule has 4 nitrogen and oxygen atoms in total. The minimum absolute atomic E-state index is 0.0753. The van der Waals surface area contributed by atoms with Crippen molar-refractivity contribution in [3.63, 3.8) is 0 Å². The van der Waals surface area contributed by atoms with E-state index in [2.05, 4.69) is 5.10 Å². The molecule has 88 valence electrons. The zero-order valence-electron chi connectivity index (χ0n) is 8.95. The number of nitrogens with zero attached hydrogens (tertiary/aromatic N) is 2. The molecule has 0 unspecified atom stereocenters. The summed E-state index contributed by atoms with van der Waals surface area (Å²) in [5.74, 6) is -0.754. The number of rotatable bonds is 2. The molecule has 0 saturated heterocycles. The molecule has 0 atom stereocenters. The molecule has 0 aliphatic heterocycles. The topological polar surface area (TPSA) is 60.9 Å². The molecule has 6 heteroatoms. The summed E-state index contributed by atoms with van der Waals surface area (Å²) in [6.45, 7) is 0. The molecule has 17 heavy (non-hydrogen) atoms. The number of hydrogen-bond acceptors (Lipinski definition) is 3. The first kappa shape index (κ1) is 11.6. The lowest BCUT2D eigenvalue weighted by molar-refractivity contribution is 0.103. The first-order valence-corrected chi connectivity index (χ1v) is 5.15. The molecule has 2 rings (SSSR count). The van der Waals surface area contributed by atoms with Crippen molar-refractivity contribution in [2.45, 2.75) is 0 Å². The number of benzene rings is 1. The Bertz CT molecular complexity index is 594. The number of carbonyl (C=O) groups is 1. The fraction of sp³-hybridized carbons (Fsp3) is 0.0909. The van der Waals surface area contributed by atoms with Crippen molar-refractivity contribution in [2.75, 3.05) is 5.73 Å². The molecule has 1 aromatic heterocycles. The third-order valence-electron chi connectivity index (χ3n) is 2.40. The SMILES string of the molecule is Cn1ncc(C(=O)c2cc(F)ccc2Cl)c1N. The van der Waals surface area contributed by atoms with E-state index in [0.717, 1.165) is 6.07 Å². The van der Waals surface area contributed by atoms with Crippen molar-refractivity contribution in [3.8, 4) is 0 Å². The van der Waals surface area contributed by atoms with Crippen molar-refractivity contribution >= 4 is 23.2 Å². The Morgan fingerprint density at radius 3 is 2.76 bits per heavy atom. The van der Waals surface area contributed by atoms with Crippen molar-refractivity contribution in [2.24, 2.45) is 7.05 Å². The molecular formula is C11H9ClFN3O. The van der Waals surface area contributed by atoms with Gasteiger partial charge in [-0.1, -0.05) is 11.6 Å². The van der Waals surface area contributed by atoms with Gasteiger partial charge < -0.3 is 5.73 Å². The average molecular weight is 254 g/mol. The van der Waals surface area contributed by atoms with Gasteiger partial charge in [-0.25, -0.2) is 4.39 Å². The van der Waals surface area contributed by atoms with Gasteiger partial charge in [-0.3, -0.25) is 9.48 Å². The Morgan fingerprint density at radius 2 is 2.18 bits per heavy atom. The Hall–Kier alpha value is -1.88. The van der Waals surface area contributed by atoms with Gasteiger partial charge in [-0.05, 0) is 18.2 Å². The van der Waals surface area contributed by atoms with Crippen molar-refractivity contribution < 1.29 is 9.18 Å². The van der Waals surface area contributed by atoms with Crippen LogP contribution in [0, 0.1) is 5.82 Å². The maximum atomic E-state index is 13.1. The lowest BCUT2D eigenvalue weighted by Crippen LogP contribution is -2.07. The van der Waals surface area contributed by atoms with Gasteiger partial charge in [0.2, 0.25) is 0 Å². The molecule has 1 heterocycles. The Labute approximate surface area is 102 Å². The van der Waals surface area contributed by atoms with E-state index >= 15 is 0 Å². The number of aromatic nitrogens is 2. The smallest absolute Gasteiger partial charge is 0.199 e. The molecule has 0 aliphatic carbocycles. The second-order valence-electron chi connectivity index (χ2n) is 3.52. The minimum atomic E-state index is -0.528. The van der Waals surface area contributed by atoms with Crippen LogP contribution in [-0.2, 0) is 7.05 Å². The minimum Gasteiger partial charge on any atom is -0.383 e. The molecule has 0 spiro atoms. The van der Waals surface area contributed by atoms with Crippen LogP contribution in [0.15, 0.2) is 24.4 Å². The lowest BCUT2D eigenvalue weighted by Gasteiger charge is -2.03. The van der Waals surface area contributed by atoms with Crippen LogP contribution in [0.4, 0.5) is 10.2 Å². The summed E-state index contributed by atoms with van der Waals surface area (Å²) >= 11 is 5.84. The molecule has 2 aromatic rings. The molecule has 0 bridgehead atoms. The van der Waals surface area contributed by atoms with Crippen molar-refractivity contribution in [1.29, 1.82) is 0 Å². The van der Waals surface area contributed by atoms with Crippen LogP contribution in [0.5, 0.6) is 0 Å². The highest BCUT2D eigenvalue weighted by molar-refractivity contribution is 6.35. The maximum Gasteiger partial charge on any atom is 0.199 e. The van der Waals surface area contributed by atoms with Gasteiger partial charge in [-0.2, -0.15) is 5.10 Å². The molecule has 0 saturated carbocycles. The van der Waals surface area contributed by atoms with Crippen LogP contribution in [0.1, 0.15) is 15.9 Å². The Balaban J connectivity index is 2.51. The second kappa shape index (κ2) is 4.18. The van der Waals surface area contributed by atoms with Crippen LogP contribution in [-0.4, -0.2) is 15.6 Å². The Kier molecular flexibility index (Phi) is 2.85. The second-order valence-corrected chi connectivity index (χ2v) is 3.93. The summed E-state index contributed by atoms with van der Waals surface area (Å²) < 4.78 is 14.4. The largest absolute Gasteiger partial charge is 0.383 e. The van der Waals surface area contributed by atoms with E-state index in [1.807, 2.05) is 0 Å². The molecule has 2 N–H and O–H groups in total. The third kappa shape index (κ3) is 2.01. The lowest BCUT2D eigenvalue weighted by atomic mass is 10.1. The van der Waals surface area contributed by atoms with E-state index in [1.54, 1.807) is 7.05 Å². The molecule has 0 amide bonds. The fourth-order valence-electron chi connectivity index (χ4n) is 1.44. The van der Waals surface area contributed by atoms with Crippen LogP contribution < -0.4 is 5.73 Å². The normalized spacial score (nSPS) is 10.5. The monoisotopic (exact) mass is 253 g/mol. The molecular weight excluding hydrogens is 245 g/mol. The zero-order valence-corrected chi connectivity index (χ0v) is 9.70. The first-order valence-electron chi connectivity index (χ1n) is 4.78. The number of ketones is 1. The average Bonchev–Trinajstić information content (AvgIpc) is 2.62. The predicted octanol–water partition coefficient (Wildman–Crippen LogP) is 2.03. The van der Waals surface area contributed by atoms with Gasteiger partial charge in [0.1, 0.15) is 11.6 Å². The molecule has 1 aromatic carbocycles. The highest BCUT2D eigenvalue weighted by Gasteiger charge is 2.18. The Morgan fingerprint density at radius 1 is 1.47 bits per heavy atom. The molecule has 0 fully saturated rings. The number of halogens is 2. The van der Waals surface area contributed by atoms with E-state index in [1.165, 1.54) is 23.0 Å². The van der Waals surface area contributed by atoms with Gasteiger partial charge in [0.25, 0.3) is 0 Å². The number of anilines is 1. The van der Waals surface area contributed by atoms with E-state index in [-0.39, 0.29) is 22.0 Å². The van der Waals surface area contributed by atoms with E-state index in [4.69, 9.17) is 17.3 Å². The highest BCUT2D eigenvalue weighted by Crippen LogP contribution is 2.22. The number of aryl methyl sites for hydroxylation is 1. The third-order valence-corrected chi connectivity index (χ3v) is 2.73. The summed E-state index contributed by atoms with van der Waals surface area (Å²) in [5, 5.41) is 4.03. The van der Waals surface area contributed by atoms with Gasteiger partial charge in [0.05, 0.1) is 16.8 Å². The van der Waals surface area contributed by atoms with Crippen molar-refractivity contribution in [1.82, 2.24) is 9.78 Å². The first-order chi connectivity index (χ1) is 8.00. The summed E-state index contributed by atoms with van der Waals surface area (Å²) in [6.07, 6.45) is 1.33. The maximum absolute atomic E-state index is 13.1. The predicted molar refractivity (Wildman–Crippen MR) is 62.5 cm³/mol. The zero-order chi connectivity index (χ0) is 12.6. The summed E-state index contributed by atoms with van der Waals surface area (Å²) in [6, 6.07) is 3.60.